The lowest BCUT2D eigenvalue weighted by atomic mass is 10.0. The quantitative estimate of drug-likeness (QED) is 0.760. The van der Waals surface area contributed by atoms with Crippen molar-refractivity contribution in [3.8, 4) is 0 Å². The first-order valence-corrected chi connectivity index (χ1v) is 9.39. The molecular weight excluding hydrogens is 388 g/mol. The van der Waals surface area contributed by atoms with Gasteiger partial charge in [0, 0.05) is 11.6 Å². The molecule has 0 radical (unpaired) electrons. The molecule has 1 aliphatic rings. The minimum atomic E-state index is -0.663. The molecule has 28 heavy (non-hydrogen) atoms. The fourth-order valence-corrected chi connectivity index (χ4v) is 3.55. The smallest absolute Gasteiger partial charge is 0.274 e. The third kappa shape index (κ3) is 4.86. The van der Waals surface area contributed by atoms with Gasteiger partial charge in [-0.05, 0) is 45.3 Å². The molecule has 2 heterocycles. The summed E-state index contributed by atoms with van der Waals surface area (Å²) in [6, 6.07) is 3.09. The molecular formula is C19H26ClF2N5O. The molecule has 1 saturated heterocycles. The zero-order valence-corrected chi connectivity index (χ0v) is 16.9. The summed E-state index contributed by atoms with van der Waals surface area (Å²) in [4.78, 5) is 12.8. The van der Waals surface area contributed by atoms with E-state index in [2.05, 4.69) is 20.9 Å². The van der Waals surface area contributed by atoms with E-state index in [4.69, 9.17) is 0 Å². The molecule has 1 aromatic heterocycles. The SMILES string of the molecule is CCCC(NC(=O)c1nnn(C2CCNCC2)c1C)c1ccc(F)cc1F.Cl. The average Bonchev–Trinajstić information content (AvgIpc) is 3.04. The molecule has 0 saturated carbocycles. The van der Waals surface area contributed by atoms with Crippen molar-refractivity contribution in [2.24, 2.45) is 0 Å². The van der Waals surface area contributed by atoms with E-state index in [1.165, 1.54) is 12.1 Å². The Morgan fingerprint density at radius 3 is 2.71 bits per heavy atom. The minimum absolute atomic E-state index is 0. The maximum Gasteiger partial charge on any atom is 0.274 e. The lowest BCUT2D eigenvalue weighted by molar-refractivity contribution is 0.0928. The molecule has 1 unspecified atom stereocenters. The minimum Gasteiger partial charge on any atom is -0.344 e. The van der Waals surface area contributed by atoms with Gasteiger partial charge in [-0.3, -0.25) is 4.79 Å². The van der Waals surface area contributed by atoms with Crippen LogP contribution >= 0.6 is 12.4 Å². The number of halogens is 3. The number of nitrogens with one attached hydrogen (secondary N) is 2. The summed E-state index contributed by atoms with van der Waals surface area (Å²) in [6.07, 6.45) is 3.15. The second-order valence-corrected chi connectivity index (χ2v) is 6.93. The Balaban J connectivity index is 0.00000280. The van der Waals surface area contributed by atoms with Crippen LogP contribution in [0.2, 0.25) is 0 Å². The Kier molecular flexibility index (Phi) is 7.88. The Morgan fingerprint density at radius 2 is 2.07 bits per heavy atom. The van der Waals surface area contributed by atoms with Crippen LogP contribution in [0.15, 0.2) is 18.2 Å². The highest BCUT2D eigenvalue weighted by molar-refractivity contribution is 5.93. The predicted octanol–water partition coefficient (Wildman–Crippen LogP) is 3.48. The van der Waals surface area contributed by atoms with Crippen molar-refractivity contribution in [2.75, 3.05) is 13.1 Å². The van der Waals surface area contributed by atoms with Gasteiger partial charge >= 0.3 is 0 Å². The van der Waals surface area contributed by atoms with Gasteiger partial charge in [0.15, 0.2) is 5.69 Å². The highest BCUT2D eigenvalue weighted by Crippen LogP contribution is 2.24. The molecule has 1 aromatic carbocycles. The van der Waals surface area contributed by atoms with E-state index in [-0.39, 0.29) is 29.7 Å². The number of rotatable bonds is 6. The molecule has 6 nitrogen and oxygen atoms in total. The lowest BCUT2D eigenvalue weighted by Crippen LogP contribution is -2.31. The third-order valence-electron chi connectivity index (χ3n) is 5.02. The summed E-state index contributed by atoms with van der Waals surface area (Å²) < 4.78 is 29.2. The zero-order chi connectivity index (χ0) is 19.4. The maximum absolute atomic E-state index is 14.2. The van der Waals surface area contributed by atoms with Gasteiger partial charge in [0.1, 0.15) is 11.6 Å². The van der Waals surface area contributed by atoms with Gasteiger partial charge in [-0.2, -0.15) is 0 Å². The fraction of sp³-hybridized carbons (Fsp3) is 0.526. The van der Waals surface area contributed by atoms with Gasteiger partial charge in [-0.15, -0.1) is 17.5 Å². The maximum atomic E-state index is 14.2. The van der Waals surface area contributed by atoms with Crippen LogP contribution in [0.4, 0.5) is 8.78 Å². The monoisotopic (exact) mass is 413 g/mol. The Hall–Kier alpha value is -2.06. The van der Waals surface area contributed by atoms with Crippen LogP contribution in [0, 0.1) is 18.6 Å². The first kappa shape index (κ1) is 22.2. The van der Waals surface area contributed by atoms with Crippen LogP contribution in [-0.2, 0) is 0 Å². The number of hydrogen-bond donors (Lipinski definition) is 2. The van der Waals surface area contributed by atoms with Gasteiger partial charge in [0.25, 0.3) is 5.91 Å². The topological polar surface area (TPSA) is 71.8 Å². The zero-order valence-electron chi connectivity index (χ0n) is 16.0. The van der Waals surface area contributed by atoms with E-state index >= 15 is 0 Å². The van der Waals surface area contributed by atoms with Crippen LogP contribution in [0.5, 0.6) is 0 Å². The predicted molar refractivity (Wildman–Crippen MR) is 105 cm³/mol. The molecule has 2 N–H and O–H groups in total. The summed E-state index contributed by atoms with van der Waals surface area (Å²) >= 11 is 0. The number of carbonyl (C=O) groups excluding carboxylic acids is 1. The molecule has 3 rings (SSSR count). The molecule has 0 spiro atoms. The van der Waals surface area contributed by atoms with E-state index in [0.717, 1.165) is 38.4 Å². The van der Waals surface area contributed by atoms with Crippen LogP contribution in [0.1, 0.15) is 66.4 Å². The van der Waals surface area contributed by atoms with E-state index in [9.17, 15) is 13.6 Å². The van der Waals surface area contributed by atoms with Gasteiger partial charge in [-0.1, -0.05) is 24.6 Å². The first-order chi connectivity index (χ1) is 13.0. The van der Waals surface area contributed by atoms with Crippen LogP contribution in [-0.4, -0.2) is 34.0 Å². The molecule has 154 valence electrons. The molecule has 1 atom stereocenters. The molecule has 2 aromatic rings. The second kappa shape index (κ2) is 9.93. The van der Waals surface area contributed by atoms with E-state index in [0.29, 0.717) is 12.1 Å². The van der Waals surface area contributed by atoms with Crippen LogP contribution < -0.4 is 10.6 Å². The number of aromatic nitrogens is 3. The fourth-order valence-electron chi connectivity index (χ4n) is 3.55. The highest BCUT2D eigenvalue weighted by atomic mass is 35.5. The van der Waals surface area contributed by atoms with Crippen LogP contribution in [0.3, 0.4) is 0 Å². The van der Waals surface area contributed by atoms with Crippen molar-refractivity contribution in [3.63, 3.8) is 0 Å². The lowest BCUT2D eigenvalue weighted by Gasteiger charge is -2.23. The number of amides is 1. The van der Waals surface area contributed by atoms with Gasteiger partial charge < -0.3 is 10.6 Å². The number of benzene rings is 1. The molecule has 9 heteroatoms. The van der Waals surface area contributed by atoms with Crippen molar-refractivity contribution in [1.82, 2.24) is 25.6 Å². The standard InChI is InChI=1S/C19H25F2N5O.ClH/c1-3-4-17(15-6-5-13(20)11-16(15)21)23-19(27)18-12(2)26(25-24-18)14-7-9-22-10-8-14;/h5-6,11,14,17,22H,3-4,7-10H2,1-2H3,(H,23,27);1H. The average molecular weight is 414 g/mol. The normalized spacial score (nSPS) is 15.7. The molecule has 0 aliphatic carbocycles. The number of carbonyl (C=O) groups is 1. The summed E-state index contributed by atoms with van der Waals surface area (Å²) in [7, 11) is 0. The summed E-state index contributed by atoms with van der Waals surface area (Å²) in [5.74, 6) is -1.70. The van der Waals surface area contributed by atoms with E-state index in [1.807, 2.05) is 18.5 Å². The Labute approximate surface area is 169 Å². The molecule has 1 fully saturated rings. The van der Waals surface area contributed by atoms with Gasteiger partial charge in [0.2, 0.25) is 0 Å². The molecule has 1 aliphatic heterocycles. The Morgan fingerprint density at radius 1 is 1.36 bits per heavy atom. The van der Waals surface area contributed by atoms with Crippen molar-refractivity contribution in [3.05, 3.63) is 46.8 Å². The number of piperidine rings is 1. The van der Waals surface area contributed by atoms with Gasteiger partial charge in [0.05, 0.1) is 17.8 Å². The Bertz CT molecular complexity index is 808. The van der Waals surface area contributed by atoms with Crippen molar-refractivity contribution in [2.45, 2.75) is 51.6 Å². The van der Waals surface area contributed by atoms with E-state index < -0.39 is 23.6 Å². The van der Waals surface area contributed by atoms with Crippen molar-refractivity contribution < 1.29 is 13.6 Å². The number of hydrogen-bond acceptors (Lipinski definition) is 4. The summed E-state index contributed by atoms with van der Waals surface area (Å²) in [6.45, 7) is 5.59. The second-order valence-electron chi connectivity index (χ2n) is 6.93. The first-order valence-electron chi connectivity index (χ1n) is 9.39. The van der Waals surface area contributed by atoms with E-state index in [1.54, 1.807) is 0 Å². The van der Waals surface area contributed by atoms with Crippen LogP contribution in [0.25, 0.3) is 0 Å². The van der Waals surface area contributed by atoms with Crippen molar-refractivity contribution in [1.29, 1.82) is 0 Å². The number of nitrogens with zero attached hydrogens (tertiary/aromatic N) is 3. The highest BCUT2D eigenvalue weighted by Gasteiger charge is 2.25. The summed E-state index contributed by atoms with van der Waals surface area (Å²) in [5.41, 5.74) is 1.22. The molecule has 0 bridgehead atoms. The molecule has 1 amide bonds. The van der Waals surface area contributed by atoms with Crippen molar-refractivity contribution >= 4 is 18.3 Å². The third-order valence-corrected chi connectivity index (χ3v) is 5.02. The van der Waals surface area contributed by atoms with Gasteiger partial charge in [-0.25, -0.2) is 13.5 Å². The summed E-state index contributed by atoms with van der Waals surface area (Å²) in [5, 5.41) is 14.4. The largest absolute Gasteiger partial charge is 0.344 e.